The zero-order valence-electron chi connectivity index (χ0n) is 11.9. The third kappa shape index (κ3) is 3.59. The highest BCUT2D eigenvalue weighted by atomic mass is 32.2. The Bertz CT molecular complexity index is 731. The van der Waals surface area contributed by atoms with E-state index in [1.54, 1.807) is 44.3 Å². The van der Waals surface area contributed by atoms with Crippen LogP contribution in [0.25, 0.3) is 0 Å². The summed E-state index contributed by atoms with van der Waals surface area (Å²) in [6.07, 6.45) is 0. The summed E-state index contributed by atoms with van der Waals surface area (Å²) in [4.78, 5) is 0.0514. The molecule has 0 spiro atoms. The molecular formula is C15H17FN2O2S. The van der Waals surface area contributed by atoms with Gasteiger partial charge in [-0.05, 0) is 43.8 Å². The van der Waals surface area contributed by atoms with Crippen LogP contribution in [0.1, 0.15) is 11.1 Å². The Morgan fingerprint density at radius 1 is 1.14 bits per heavy atom. The fourth-order valence-corrected chi connectivity index (χ4v) is 3.19. The van der Waals surface area contributed by atoms with Crippen molar-refractivity contribution in [3.8, 4) is 0 Å². The minimum Gasteiger partial charge on any atom is -0.316 e. The number of anilines is 1. The minimum atomic E-state index is -3.74. The van der Waals surface area contributed by atoms with E-state index in [-0.39, 0.29) is 17.3 Å². The van der Waals surface area contributed by atoms with Gasteiger partial charge in [-0.15, -0.1) is 0 Å². The molecule has 2 aromatic carbocycles. The highest BCUT2D eigenvalue weighted by Crippen LogP contribution is 2.21. The minimum absolute atomic E-state index is 0.0514. The maximum Gasteiger partial charge on any atom is 0.261 e. The van der Waals surface area contributed by atoms with Gasteiger partial charge in [0.05, 0.1) is 4.90 Å². The van der Waals surface area contributed by atoms with E-state index in [1.165, 1.54) is 12.1 Å². The molecule has 0 aliphatic carbocycles. The predicted molar refractivity (Wildman–Crippen MR) is 81.2 cm³/mol. The van der Waals surface area contributed by atoms with Crippen LogP contribution in [-0.4, -0.2) is 15.5 Å². The summed E-state index contributed by atoms with van der Waals surface area (Å²) in [7, 11) is -2.06. The van der Waals surface area contributed by atoms with Crippen LogP contribution in [-0.2, 0) is 16.6 Å². The van der Waals surface area contributed by atoms with Crippen molar-refractivity contribution in [1.82, 2.24) is 5.32 Å². The van der Waals surface area contributed by atoms with E-state index in [0.717, 1.165) is 0 Å². The van der Waals surface area contributed by atoms with Gasteiger partial charge in [-0.1, -0.05) is 18.2 Å². The van der Waals surface area contributed by atoms with Gasteiger partial charge in [-0.25, -0.2) is 12.8 Å². The highest BCUT2D eigenvalue weighted by molar-refractivity contribution is 7.92. The molecule has 21 heavy (non-hydrogen) atoms. The van der Waals surface area contributed by atoms with E-state index in [9.17, 15) is 12.8 Å². The van der Waals surface area contributed by atoms with Crippen LogP contribution >= 0.6 is 0 Å². The first-order valence-corrected chi connectivity index (χ1v) is 7.94. The summed E-state index contributed by atoms with van der Waals surface area (Å²) in [6, 6.07) is 11.3. The van der Waals surface area contributed by atoms with Crippen molar-refractivity contribution < 1.29 is 12.8 Å². The van der Waals surface area contributed by atoms with E-state index in [4.69, 9.17) is 0 Å². The van der Waals surface area contributed by atoms with Crippen molar-refractivity contribution in [3.05, 3.63) is 59.4 Å². The van der Waals surface area contributed by atoms with Crippen LogP contribution in [0.5, 0.6) is 0 Å². The van der Waals surface area contributed by atoms with Gasteiger partial charge in [0.1, 0.15) is 5.82 Å². The normalized spacial score (nSPS) is 11.4. The van der Waals surface area contributed by atoms with Crippen LogP contribution in [0.15, 0.2) is 47.4 Å². The van der Waals surface area contributed by atoms with Gasteiger partial charge in [-0.2, -0.15) is 0 Å². The van der Waals surface area contributed by atoms with E-state index >= 15 is 0 Å². The molecule has 0 heterocycles. The molecule has 0 aliphatic heterocycles. The Hall–Kier alpha value is -1.92. The fourth-order valence-electron chi connectivity index (χ4n) is 2.00. The van der Waals surface area contributed by atoms with Crippen molar-refractivity contribution in [2.24, 2.45) is 0 Å². The van der Waals surface area contributed by atoms with Gasteiger partial charge in [0.2, 0.25) is 0 Å². The smallest absolute Gasteiger partial charge is 0.261 e. The van der Waals surface area contributed by atoms with Gasteiger partial charge < -0.3 is 5.32 Å². The second-order valence-electron chi connectivity index (χ2n) is 4.72. The molecule has 0 saturated heterocycles. The molecule has 0 bridgehead atoms. The number of benzene rings is 2. The summed E-state index contributed by atoms with van der Waals surface area (Å²) in [5.74, 6) is -0.386. The predicted octanol–water partition coefficient (Wildman–Crippen LogP) is 2.65. The number of halogens is 1. The van der Waals surface area contributed by atoms with Crippen LogP contribution in [0.2, 0.25) is 0 Å². The average Bonchev–Trinajstić information content (AvgIpc) is 2.44. The Kier molecular flexibility index (Phi) is 4.59. The van der Waals surface area contributed by atoms with Gasteiger partial charge in [0.25, 0.3) is 10.0 Å². The molecule has 2 aromatic rings. The van der Waals surface area contributed by atoms with Gasteiger partial charge in [0.15, 0.2) is 0 Å². The number of hydrogen-bond donors (Lipinski definition) is 2. The Morgan fingerprint density at radius 3 is 2.43 bits per heavy atom. The van der Waals surface area contributed by atoms with E-state index in [0.29, 0.717) is 16.8 Å². The molecule has 2 rings (SSSR count). The molecule has 0 unspecified atom stereocenters. The number of sulfonamides is 1. The third-order valence-electron chi connectivity index (χ3n) is 3.01. The van der Waals surface area contributed by atoms with E-state index in [2.05, 4.69) is 10.0 Å². The van der Waals surface area contributed by atoms with Crippen molar-refractivity contribution >= 4 is 15.7 Å². The van der Waals surface area contributed by atoms with Gasteiger partial charge >= 0.3 is 0 Å². The Morgan fingerprint density at radius 2 is 1.81 bits per heavy atom. The summed E-state index contributed by atoms with van der Waals surface area (Å²) in [6.45, 7) is 1.82. The highest BCUT2D eigenvalue weighted by Gasteiger charge is 2.18. The van der Waals surface area contributed by atoms with Crippen LogP contribution in [0.3, 0.4) is 0 Å². The first-order valence-electron chi connectivity index (χ1n) is 6.45. The lowest BCUT2D eigenvalue weighted by atomic mass is 10.1. The van der Waals surface area contributed by atoms with E-state index < -0.39 is 10.0 Å². The van der Waals surface area contributed by atoms with E-state index in [1.807, 2.05) is 0 Å². The molecule has 0 amide bonds. The SMILES string of the molecule is CNCc1cc(S(=O)(=O)Nc2ccccc2)cc(C)c1F. The zero-order chi connectivity index (χ0) is 15.5. The third-order valence-corrected chi connectivity index (χ3v) is 4.37. The maximum atomic E-state index is 13.9. The van der Waals surface area contributed by atoms with Crippen molar-refractivity contribution in [3.63, 3.8) is 0 Å². The number of rotatable bonds is 5. The summed E-state index contributed by atoms with van der Waals surface area (Å²) < 4.78 is 41.1. The standard InChI is InChI=1S/C15H17FN2O2S/c1-11-8-14(9-12(10-17-2)15(11)16)21(19,20)18-13-6-4-3-5-7-13/h3-9,17-18H,10H2,1-2H3. The van der Waals surface area contributed by atoms with Gasteiger partial charge in [0, 0.05) is 17.8 Å². The number of hydrogen-bond acceptors (Lipinski definition) is 3. The summed E-state index contributed by atoms with van der Waals surface area (Å²) in [5.41, 5.74) is 1.09. The Labute approximate surface area is 124 Å². The fraction of sp³-hybridized carbons (Fsp3) is 0.200. The largest absolute Gasteiger partial charge is 0.316 e. The molecule has 112 valence electrons. The monoisotopic (exact) mass is 308 g/mol. The zero-order valence-corrected chi connectivity index (χ0v) is 12.7. The first kappa shape index (κ1) is 15.5. The molecule has 0 atom stereocenters. The topological polar surface area (TPSA) is 58.2 Å². The molecule has 0 radical (unpaired) electrons. The second kappa shape index (κ2) is 6.24. The van der Waals surface area contributed by atoms with Crippen molar-refractivity contribution in [1.29, 1.82) is 0 Å². The quantitative estimate of drug-likeness (QED) is 0.893. The summed E-state index contributed by atoms with van der Waals surface area (Å²) >= 11 is 0. The maximum absolute atomic E-state index is 13.9. The van der Waals surface area contributed by atoms with Crippen molar-refractivity contribution in [2.75, 3.05) is 11.8 Å². The molecule has 2 N–H and O–H groups in total. The Balaban J connectivity index is 2.40. The molecule has 0 aromatic heterocycles. The number of aryl methyl sites for hydroxylation is 1. The van der Waals surface area contributed by atoms with Crippen LogP contribution < -0.4 is 10.0 Å². The van der Waals surface area contributed by atoms with Crippen LogP contribution in [0, 0.1) is 12.7 Å². The molecular weight excluding hydrogens is 291 g/mol. The average molecular weight is 308 g/mol. The van der Waals surface area contributed by atoms with Crippen LogP contribution in [0.4, 0.5) is 10.1 Å². The second-order valence-corrected chi connectivity index (χ2v) is 6.40. The lowest BCUT2D eigenvalue weighted by molar-refractivity contribution is 0.585. The first-order chi connectivity index (χ1) is 9.94. The number of para-hydroxylation sites is 1. The number of nitrogens with one attached hydrogen (secondary N) is 2. The molecule has 0 saturated carbocycles. The lowest BCUT2D eigenvalue weighted by Crippen LogP contribution is -2.15. The lowest BCUT2D eigenvalue weighted by Gasteiger charge is -2.12. The van der Waals surface area contributed by atoms with Crippen molar-refractivity contribution in [2.45, 2.75) is 18.4 Å². The van der Waals surface area contributed by atoms with Gasteiger partial charge in [-0.3, -0.25) is 4.72 Å². The molecule has 0 aliphatic rings. The molecule has 0 fully saturated rings. The molecule has 6 heteroatoms. The summed E-state index contributed by atoms with van der Waals surface area (Å²) in [5, 5.41) is 2.83. The molecule has 4 nitrogen and oxygen atoms in total.